The Labute approximate surface area is 121 Å². The van der Waals surface area contributed by atoms with Crippen molar-refractivity contribution in [1.29, 1.82) is 0 Å². The molecule has 4 nitrogen and oxygen atoms in total. The van der Waals surface area contributed by atoms with Crippen LogP contribution in [0.1, 0.15) is 39.3 Å². The highest BCUT2D eigenvalue weighted by Crippen LogP contribution is 2.21. The summed E-state index contributed by atoms with van der Waals surface area (Å²) in [6, 6.07) is 10.5. The van der Waals surface area contributed by atoms with Crippen molar-refractivity contribution in [3.63, 3.8) is 0 Å². The molecule has 1 aliphatic heterocycles. The smallest absolute Gasteiger partial charge is 0.410 e. The minimum atomic E-state index is -0.454. The van der Waals surface area contributed by atoms with Crippen LogP contribution in [0, 0.1) is 0 Å². The van der Waals surface area contributed by atoms with Crippen molar-refractivity contribution < 1.29 is 9.53 Å². The molecule has 1 aromatic carbocycles. The highest BCUT2D eigenvalue weighted by molar-refractivity contribution is 5.68. The maximum Gasteiger partial charge on any atom is 0.410 e. The van der Waals surface area contributed by atoms with E-state index in [0.29, 0.717) is 6.54 Å². The first-order valence-corrected chi connectivity index (χ1v) is 7.15. The molecule has 1 fully saturated rings. The predicted molar refractivity (Wildman–Crippen MR) is 79.6 cm³/mol. The largest absolute Gasteiger partial charge is 0.444 e. The van der Waals surface area contributed by atoms with E-state index >= 15 is 0 Å². The molecule has 0 unspecified atom stereocenters. The van der Waals surface area contributed by atoms with Gasteiger partial charge in [0.15, 0.2) is 0 Å². The molecule has 1 N–H and O–H groups in total. The van der Waals surface area contributed by atoms with Crippen molar-refractivity contribution in [1.82, 2.24) is 10.2 Å². The van der Waals surface area contributed by atoms with E-state index < -0.39 is 5.60 Å². The Kier molecular flexibility index (Phi) is 4.33. The second-order valence-electron chi connectivity index (χ2n) is 6.35. The summed E-state index contributed by atoms with van der Waals surface area (Å²) in [7, 11) is 0. The maximum absolute atomic E-state index is 12.3. The van der Waals surface area contributed by atoms with Crippen molar-refractivity contribution in [3.8, 4) is 0 Å². The minimum Gasteiger partial charge on any atom is -0.444 e. The molecular weight excluding hydrogens is 252 g/mol. The average molecular weight is 276 g/mol. The summed E-state index contributed by atoms with van der Waals surface area (Å²) in [6.07, 6.45) is -0.229. The van der Waals surface area contributed by atoms with Gasteiger partial charge in [-0.2, -0.15) is 0 Å². The fourth-order valence-corrected chi connectivity index (χ4v) is 2.35. The molecule has 1 heterocycles. The van der Waals surface area contributed by atoms with Gasteiger partial charge in [0.2, 0.25) is 0 Å². The summed E-state index contributed by atoms with van der Waals surface area (Å²) in [5, 5.41) is 3.48. The molecule has 2 rings (SSSR count). The zero-order valence-corrected chi connectivity index (χ0v) is 12.7. The lowest BCUT2D eigenvalue weighted by molar-refractivity contribution is 0.00958. The number of nitrogens with zero attached hydrogens (tertiary/aromatic N) is 1. The van der Waals surface area contributed by atoms with Gasteiger partial charge in [0.05, 0.1) is 6.04 Å². The summed E-state index contributed by atoms with van der Waals surface area (Å²) in [4.78, 5) is 14.1. The van der Waals surface area contributed by atoms with Crippen LogP contribution in [0.5, 0.6) is 0 Å². The van der Waals surface area contributed by atoms with Gasteiger partial charge in [-0.15, -0.1) is 0 Å². The van der Waals surface area contributed by atoms with Gasteiger partial charge in [-0.25, -0.2) is 4.79 Å². The number of hydrogen-bond donors (Lipinski definition) is 1. The molecule has 1 saturated heterocycles. The van der Waals surface area contributed by atoms with Crippen LogP contribution in [0.15, 0.2) is 30.3 Å². The summed E-state index contributed by atoms with van der Waals surface area (Å²) in [5.41, 5.74) is 0.747. The first-order chi connectivity index (χ1) is 9.37. The third-order valence-electron chi connectivity index (χ3n) is 3.40. The van der Waals surface area contributed by atoms with Gasteiger partial charge in [-0.3, -0.25) is 0 Å². The van der Waals surface area contributed by atoms with Crippen LogP contribution in [-0.4, -0.2) is 35.7 Å². The van der Waals surface area contributed by atoms with Crippen LogP contribution in [0.2, 0.25) is 0 Å². The van der Waals surface area contributed by atoms with Crippen LogP contribution in [-0.2, 0) is 4.74 Å². The third-order valence-corrected chi connectivity index (χ3v) is 3.40. The molecule has 0 spiro atoms. The van der Waals surface area contributed by atoms with Gasteiger partial charge in [0.1, 0.15) is 5.60 Å². The molecule has 0 aliphatic carbocycles. The van der Waals surface area contributed by atoms with E-state index in [9.17, 15) is 4.79 Å². The van der Waals surface area contributed by atoms with Gasteiger partial charge in [-0.05, 0) is 33.3 Å². The highest BCUT2D eigenvalue weighted by Gasteiger charge is 2.32. The second-order valence-corrected chi connectivity index (χ2v) is 6.35. The van der Waals surface area contributed by atoms with Crippen molar-refractivity contribution in [3.05, 3.63) is 35.9 Å². The summed E-state index contributed by atoms with van der Waals surface area (Å²) in [6.45, 7) is 9.14. The lowest BCUT2D eigenvalue weighted by Crippen LogP contribution is -2.54. The molecule has 0 saturated carbocycles. The molecule has 1 aliphatic rings. The first kappa shape index (κ1) is 14.9. The Hall–Kier alpha value is -1.55. The zero-order chi connectivity index (χ0) is 14.8. The molecule has 0 aromatic heterocycles. The molecular formula is C16H24N2O2. The van der Waals surface area contributed by atoms with Crippen molar-refractivity contribution >= 4 is 6.09 Å². The molecule has 0 radical (unpaired) electrons. The monoisotopic (exact) mass is 276 g/mol. The minimum absolute atomic E-state index is 0.143. The zero-order valence-electron chi connectivity index (χ0n) is 12.7. The summed E-state index contributed by atoms with van der Waals surface area (Å²) >= 11 is 0. The molecule has 110 valence electrons. The molecule has 20 heavy (non-hydrogen) atoms. The van der Waals surface area contributed by atoms with Crippen molar-refractivity contribution in [2.45, 2.75) is 45.4 Å². The van der Waals surface area contributed by atoms with Gasteiger partial charge < -0.3 is 15.0 Å². The number of hydrogen-bond acceptors (Lipinski definition) is 3. The lowest BCUT2D eigenvalue weighted by atomic mass is 10.0. The number of amides is 1. The van der Waals surface area contributed by atoms with Crippen LogP contribution in [0.25, 0.3) is 0 Å². The maximum atomic E-state index is 12.3. The summed E-state index contributed by atoms with van der Waals surface area (Å²) < 4.78 is 5.49. The quantitative estimate of drug-likeness (QED) is 0.857. The predicted octanol–water partition coefficient (Wildman–Crippen LogP) is 2.96. The number of rotatable bonds is 1. The fourth-order valence-electron chi connectivity index (χ4n) is 2.35. The Balaban J connectivity index is 2.07. The SMILES string of the molecule is C[C@@H]1CN[C@@H](c2ccccc2)CN1C(=O)OC(C)(C)C. The van der Waals surface area contributed by atoms with E-state index in [1.165, 1.54) is 5.56 Å². The van der Waals surface area contributed by atoms with Crippen LogP contribution < -0.4 is 5.32 Å². The second kappa shape index (κ2) is 5.83. The first-order valence-electron chi connectivity index (χ1n) is 7.15. The average Bonchev–Trinajstić information content (AvgIpc) is 2.38. The van der Waals surface area contributed by atoms with Gasteiger partial charge in [0, 0.05) is 19.1 Å². The van der Waals surface area contributed by atoms with E-state index in [-0.39, 0.29) is 18.2 Å². The van der Waals surface area contributed by atoms with Crippen LogP contribution >= 0.6 is 0 Å². The molecule has 2 atom stereocenters. The summed E-state index contributed by atoms with van der Waals surface area (Å²) in [5.74, 6) is 0. The topological polar surface area (TPSA) is 41.6 Å². The van der Waals surface area contributed by atoms with Gasteiger partial charge in [-0.1, -0.05) is 30.3 Å². The van der Waals surface area contributed by atoms with Crippen LogP contribution in [0.4, 0.5) is 4.79 Å². The molecule has 1 amide bonds. The lowest BCUT2D eigenvalue weighted by Gasteiger charge is -2.39. The van der Waals surface area contributed by atoms with Crippen LogP contribution in [0.3, 0.4) is 0 Å². The Morgan fingerprint density at radius 1 is 1.30 bits per heavy atom. The Morgan fingerprint density at radius 3 is 2.55 bits per heavy atom. The molecule has 1 aromatic rings. The number of ether oxygens (including phenoxy) is 1. The van der Waals surface area contributed by atoms with E-state index in [4.69, 9.17) is 4.74 Å². The number of carbonyl (C=O) groups is 1. The van der Waals surface area contributed by atoms with Gasteiger partial charge >= 0.3 is 6.09 Å². The van der Waals surface area contributed by atoms with Crippen molar-refractivity contribution in [2.24, 2.45) is 0 Å². The number of benzene rings is 1. The molecule has 0 bridgehead atoms. The van der Waals surface area contributed by atoms with Gasteiger partial charge in [0.25, 0.3) is 0 Å². The number of piperazine rings is 1. The third kappa shape index (κ3) is 3.73. The fraction of sp³-hybridized carbons (Fsp3) is 0.562. The van der Waals surface area contributed by atoms with Crippen molar-refractivity contribution in [2.75, 3.05) is 13.1 Å². The normalized spacial score (nSPS) is 23.5. The Morgan fingerprint density at radius 2 is 1.95 bits per heavy atom. The molecule has 4 heteroatoms. The number of nitrogens with one attached hydrogen (secondary N) is 1. The highest BCUT2D eigenvalue weighted by atomic mass is 16.6. The van der Waals surface area contributed by atoms with E-state index in [1.54, 1.807) is 0 Å². The standard InChI is InChI=1S/C16H24N2O2/c1-12-10-17-14(13-8-6-5-7-9-13)11-18(12)15(19)20-16(2,3)4/h5-9,12,14,17H,10-11H2,1-4H3/t12-,14-/m1/s1. The van der Waals surface area contributed by atoms with E-state index in [0.717, 1.165) is 6.54 Å². The van der Waals surface area contributed by atoms with E-state index in [1.807, 2.05) is 50.8 Å². The Bertz CT molecular complexity index is 453. The van der Waals surface area contributed by atoms with E-state index in [2.05, 4.69) is 17.4 Å². The number of carbonyl (C=O) groups excluding carboxylic acids is 1.